The van der Waals surface area contributed by atoms with Crippen LogP contribution >= 0.6 is 15.9 Å². The van der Waals surface area contributed by atoms with Crippen molar-refractivity contribution < 1.29 is 9.53 Å². The summed E-state index contributed by atoms with van der Waals surface area (Å²) in [6, 6.07) is 0.0248. The van der Waals surface area contributed by atoms with E-state index in [2.05, 4.69) is 31.4 Å². The van der Waals surface area contributed by atoms with Crippen molar-refractivity contribution in [2.45, 2.75) is 12.5 Å². The zero-order valence-corrected chi connectivity index (χ0v) is 10.1. The van der Waals surface area contributed by atoms with Gasteiger partial charge in [0.05, 0.1) is 24.4 Å². The van der Waals surface area contributed by atoms with E-state index in [1.807, 2.05) is 0 Å². The molecule has 0 saturated carbocycles. The Hall–Kier alpha value is -0.880. The van der Waals surface area contributed by atoms with Gasteiger partial charge in [0.1, 0.15) is 0 Å². The van der Waals surface area contributed by atoms with E-state index in [4.69, 9.17) is 4.74 Å². The van der Waals surface area contributed by atoms with E-state index in [0.29, 0.717) is 12.2 Å². The normalized spacial score (nSPS) is 12.4. The lowest BCUT2D eigenvalue weighted by Crippen LogP contribution is -2.38. The highest BCUT2D eigenvalue weighted by Crippen LogP contribution is 2.00. The molecular weight excluding hydrogens is 262 g/mol. The van der Waals surface area contributed by atoms with Crippen LogP contribution < -0.4 is 5.32 Å². The van der Waals surface area contributed by atoms with Crippen molar-refractivity contribution in [1.82, 2.24) is 15.5 Å². The van der Waals surface area contributed by atoms with E-state index in [1.165, 1.54) is 6.20 Å². The summed E-state index contributed by atoms with van der Waals surface area (Å²) < 4.78 is 5.02. The minimum Gasteiger partial charge on any atom is -0.383 e. The summed E-state index contributed by atoms with van der Waals surface area (Å²) >= 11 is 3.33. The molecule has 0 radical (unpaired) electrons. The molecule has 5 nitrogen and oxygen atoms in total. The van der Waals surface area contributed by atoms with Crippen molar-refractivity contribution in [1.29, 1.82) is 0 Å². The van der Waals surface area contributed by atoms with Crippen molar-refractivity contribution in [3.8, 4) is 0 Å². The SMILES string of the molecule is COCC(CCBr)NC(=O)c1cn[nH]c1. The maximum atomic E-state index is 11.6. The highest BCUT2D eigenvalue weighted by molar-refractivity contribution is 9.09. The Morgan fingerprint density at radius 3 is 3.13 bits per heavy atom. The summed E-state index contributed by atoms with van der Waals surface area (Å²) in [5.41, 5.74) is 0.533. The number of halogens is 1. The van der Waals surface area contributed by atoms with Crippen LogP contribution in [0.2, 0.25) is 0 Å². The molecule has 1 heterocycles. The van der Waals surface area contributed by atoms with Crippen molar-refractivity contribution in [3.63, 3.8) is 0 Å². The van der Waals surface area contributed by atoms with Gasteiger partial charge in [-0.15, -0.1) is 0 Å². The average Bonchev–Trinajstić information content (AvgIpc) is 2.71. The number of aromatic amines is 1. The zero-order chi connectivity index (χ0) is 11.1. The maximum Gasteiger partial charge on any atom is 0.254 e. The van der Waals surface area contributed by atoms with Gasteiger partial charge in [-0.1, -0.05) is 15.9 Å². The van der Waals surface area contributed by atoms with E-state index in [-0.39, 0.29) is 11.9 Å². The van der Waals surface area contributed by atoms with Crippen molar-refractivity contribution in [3.05, 3.63) is 18.0 Å². The molecule has 0 bridgehead atoms. The molecule has 2 N–H and O–H groups in total. The Kier molecular flexibility index (Phi) is 5.34. The van der Waals surface area contributed by atoms with Crippen LogP contribution in [0.1, 0.15) is 16.8 Å². The Bertz CT molecular complexity index is 284. The molecule has 1 rings (SSSR count). The van der Waals surface area contributed by atoms with Crippen LogP contribution in [0.25, 0.3) is 0 Å². The first-order valence-corrected chi connectivity index (χ1v) is 5.74. The van der Waals surface area contributed by atoms with Gasteiger partial charge in [-0.2, -0.15) is 5.10 Å². The van der Waals surface area contributed by atoms with Gasteiger partial charge in [0.25, 0.3) is 5.91 Å². The smallest absolute Gasteiger partial charge is 0.254 e. The Labute approximate surface area is 96.7 Å². The average molecular weight is 276 g/mol. The molecule has 15 heavy (non-hydrogen) atoms. The molecule has 1 aromatic heterocycles. The van der Waals surface area contributed by atoms with Crippen molar-refractivity contribution in [2.24, 2.45) is 0 Å². The molecule has 1 aromatic rings. The largest absolute Gasteiger partial charge is 0.383 e. The van der Waals surface area contributed by atoms with Crippen LogP contribution in [0, 0.1) is 0 Å². The first-order valence-electron chi connectivity index (χ1n) is 4.62. The van der Waals surface area contributed by atoms with Crippen molar-refractivity contribution >= 4 is 21.8 Å². The lowest BCUT2D eigenvalue weighted by molar-refractivity contribution is 0.0895. The molecule has 0 spiro atoms. The Balaban J connectivity index is 2.47. The molecule has 1 amide bonds. The van der Waals surface area contributed by atoms with Gasteiger partial charge in [-0.25, -0.2) is 0 Å². The predicted octanol–water partition coefficient (Wildman–Crippen LogP) is 0.940. The van der Waals surface area contributed by atoms with Gasteiger partial charge in [0, 0.05) is 18.6 Å². The Morgan fingerprint density at radius 1 is 1.80 bits per heavy atom. The number of rotatable bonds is 6. The van der Waals surface area contributed by atoms with Gasteiger partial charge in [0.2, 0.25) is 0 Å². The minimum atomic E-state index is -0.133. The molecular formula is C9H14BrN3O2. The number of nitrogens with one attached hydrogen (secondary N) is 2. The van der Waals surface area contributed by atoms with E-state index < -0.39 is 0 Å². The molecule has 1 atom stereocenters. The second-order valence-electron chi connectivity index (χ2n) is 3.09. The fourth-order valence-electron chi connectivity index (χ4n) is 1.17. The standard InChI is InChI=1S/C9H14BrN3O2/c1-15-6-8(2-3-10)13-9(14)7-4-11-12-5-7/h4-5,8H,2-3,6H2,1H3,(H,11,12)(H,13,14). The van der Waals surface area contributed by atoms with Crippen molar-refractivity contribution in [2.75, 3.05) is 19.0 Å². The van der Waals surface area contributed by atoms with Gasteiger partial charge in [0.15, 0.2) is 0 Å². The minimum absolute atomic E-state index is 0.0248. The van der Waals surface area contributed by atoms with Crippen LogP contribution in [0.15, 0.2) is 12.4 Å². The number of hydrogen-bond donors (Lipinski definition) is 2. The number of nitrogens with zero attached hydrogens (tertiary/aromatic N) is 1. The number of hydrogen-bond acceptors (Lipinski definition) is 3. The zero-order valence-electron chi connectivity index (χ0n) is 8.50. The summed E-state index contributed by atoms with van der Waals surface area (Å²) in [6.45, 7) is 0.509. The highest BCUT2D eigenvalue weighted by Gasteiger charge is 2.13. The predicted molar refractivity (Wildman–Crippen MR) is 60.1 cm³/mol. The van der Waals surface area contributed by atoms with Crippen LogP contribution in [-0.2, 0) is 4.74 Å². The van der Waals surface area contributed by atoms with Crippen LogP contribution in [0.3, 0.4) is 0 Å². The fourth-order valence-corrected chi connectivity index (χ4v) is 1.73. The van der Waals surface area contributed by atoms with Gasteiger partial charge in [-0.3, -0.25) is 9.89 Å². The summed E-state index contributed by atoms with van der Waals surface area (Å²) in [7, 11) is 1.62. The molecule has 0 aromatic carbocycles. The van der Waals surface area contributed by atoms with E-state index in [9.17, 15) is 4.79 Å². The summed E-state index contributed by atoms with van der Waals surface area (Å²) in [6.07, 6.45) is 3.89. The molecule has 0 aliphatic carbocycles. The van der Waals surface area contributed by atoms with Gasteiger partial charge >= 0.3 is 0 Å². The molecule has 0 fully saturated rings. The summed E-state index contributed by atoms with van der Waals surface area (Å²) in [4.78, 5) is 11.6. The van der Waals surface area contributed by atoms with Gasteiger partial charge in [-0.05, 0) is 6.42 Å². The molecule has 0 saturated heterocycles. The number of ether oxygens (including phenoxy) is 1. The first-order chi connectivity index (χ1) is 7.27. The molecule has 1 unspecified atom stereocenters. The first kappa shape index (κ1) is 12.2. The quantitative estimate of drug-likeness (QED) is 0.760. The lowest BCUT2D eigenvalue weighted by atomic mass is 10.2. The Morgan fingerprint density at radius 2 is 2.60 bits per heavy atom. The van der Waals surface area contributed by atoms with Crippen LogP contribution in [0.5, 0.6) is 0 Å². The fraction of sp³-hybridized carbons (Fsp3) is 0.556. The molecule has 84 valence electrons. The van der Waals surface area contributed by atoms with E-state index in [0.717, 1.165) is 11.8 Å². The number of aromatic nitrogens is 2. The number of amides is 1. The monoisotopic (exact) mass is 275 g/mol. The summed E-state index contributed by atoms with van der Waals surface area (Å²) in [5.74, 6) is -0.133. The maximum absolute atomic E-state index is 11.6. The third-order valence-electron chi connectivity index (χ3n) is 1.92. The van der Waals surface area contributed by atoms with Crippen LogP contribution in [-0.4, -0.2) is 41.2 Å². The molecule has 0 aliphatic rings. The van der Waals surface area contributed by atoms with E-state index >= 15 is 0 Å². The second-order valence-corrected chi connectivity index (χ2v) is 3.88. The summed E-state index contributed by atoms with van der Waals surface area (Å²) in [5, 5.41) is 10.0. The molecule has 6 heteroatoms. The number of H-pyrrole nitrogens is 1. The number of carbonyl (C=O) groups excluding carboxylic acids is 1. The number of carbonyl (C=O) groups is 1. The number of methoxy groups -OCH3 is 1. The third kappa shape index (κ3) is 4.01. The van der Waals surface area contributed by atoms with E-state index in [1.54, 1.807) is 13.3 Å². The lowest BCUT2D eigenvalue weighted by Gasteiger charge is -2.15. The number of alkyl halides is 1. The van der Waals surface area contributed by atoms with Crippen LogP contribution in [0.4, 0.5) is 0 Å². The second kappa shape index (κ2) is 6.58. The molecule has 0 aliphatic heterocycles. The third-order valence-corrected chi connectivity index (χ3v) is 2.38. The topological polar surface area (TPSA) is 67.0 Å². The van der Waals surface area contributed by atoms with Gasteiger partial charge < -0.3 is 10.1 Å². The highest BCUT2D eigenvalue weighted by atomic mass is 79.9.